The molecule has 4 nitrogen and oxygen atoms in total. The number of anilines is 1. The first-order valence-electron chi connectivity index (χ1n) is 5.56. The van der Waals surface area contributed by atoms with Gasteiger partial charge in [-0.1, -0.05) is 0 Å². The zero-order chi connectivity index (χ0) is 11.4. The Bertz CT molecular complexity index is 356. The molecule has 1 aliphatic rings. The van der Waals surface area contributed by atoms with Gasteiger partial charge in [-0.05, 0) is 50.2 Å². The van der Waals surface area contributed by atoms with E-state index in [0.717, 1.165) is 31.6 Å². The van der Waals surface area contributed by atoms with Gasteiger partial charge >= 0.3 is 5.97 Å². The molecule has 0 unspecified atom stereocenters. The van der Waals surface area contributed by atoms with Gasteiger partial charge in [0.1, 0.15) is 0 Å². The summed E-state index contributed by atoms with van der Waals surface area (Å²) in [5, 5.41) is 15.5. The number of carboxylic acids is 1. The molecule has 0 saturated carbocycles. The molecular weight excluding hydrogens is 204 g/mol. The van der Waals surface area contributed by atoms with Gasteiger partial charge in [-0.3, -0.25) is 0 Å². The normalized spacial score (nSPS) is 17.0. The average molecular weight is 220 g/mol. The van der Waals surface area contributed by atoms with E-state index in [1.807, 2.05) is 12.1 Å². The van der Waals surface area contributed by atoms with E-state index in [-0.39, 0.29) is 0 Å². The summed E-state index contributed by atoms with van der Waals surface area (Å²) in [7, 11) is 0. The molecule has 2 rings (SSSR count). The van der Waals surface area contributed by atoms with Crippen LogP contribution in [-0.4, -0.2) is 30.2 Å². The van der Waals surface area contributed by atoms with Crippen LogP contribution in [0.5, 0.6) is 0 Å². The maximum absolute atomic E-state index is 10.7. The highest BCUT2D eigenvalue weighted by Crippen LogP contribution is 2.14. The molecule has 1 aliphatic heterocycles. The van der Waals surface area contributed by atoms with Crippen LogP contribution in [-0.2, 0) is 0 Å². The summed E-state index contributed by atoms with van der Waals surface area (Å²) in [5.41, 5.74) is 1.33. The molecule has 16 heavy (non-hydrogen) atoms. The van der Waals surface area contributed by atoms with Crippen LogP contribution in [0.15, 0.2) is 24.3 Å². The van der Waals surface area contributed by atoms with Crippen molar-refractivity contribution in [2.45, 2.75) is 18.9 Å². The molecule has 0 atom stereocenters. The van der Waals surface area contributed by atoms with Gasteiger partial charge in [0.15, 0.2) is 0 Å². The zero-order valence-electron chi connectivity index (χ0n) is 9.07. The smallest absolute Gasteiger partial charge is 0.335 e. The van der Waals surface area contributed by atoms with Crippen molar-refractivity contribution in [2.24, 2.45) is 0 Å². The summed E-state index contributed by atoms with van der Waals surface area (Å²) in [6.45, 7) is 2.09. The molecule has 0 aromatic heterocycles. The number of piperidine rings is 1. The Hall–Kier alpha value is -1.55. The van der Waals surface area contributed by atoms with E-state index in [9.17, 15) is 4.79 Å². The molecule has 0 spiro atoms. The van der Waals surface area contributed by atoms with E-state index in [1.54, 1.807) is 12.1 Å². The van der Waals surface area contributed by atoms with E-state index in [2.05, 4.69) is 10.6 Å². The van der Waals surface area contributed by atoms with Gasteiger partial charge in [-0.2, -0.15) is 0 Å². The van der Waals surface area contributed by atoms with E-state index >= 15 is 0 Å². The fraction of sp³-hybridized carbons (Fsp3) is 0.417. The fourth-order valence-corrected chi connectivity index (χ4v) is 1.91. The summed E-state index contributed by atoms with van der Waals surface area (Å²) < 4.78 is 0. The predicted molar refractivity (Wildman–Crippen MR) is 62.9 cm³/mol. The van der Waals surface area contributed by atoms with E-state index in [1.165, 1.54) is 0 Å². The van der Waals surface area contributed by atoms with Gasteiger partial charge < -0.3 is 15.7 Å². The van der Waals surface area contributed by atoms with Crippen molar-refractivity contribution in [1.29, 1.82) is 0 Å². The third-order valence-electron chi connectivity index (χ3n) is 2.84. The van der Waals surface area contributed by atoms with Crippen LogP contribution >= 0.6 is 0 Å². The average Bonchev–Trinajstić information content (AvgIpc) is 2.31. The Balaban J connectivity index is 1.96. The molecule has 1 aromatic rings. The summed E-state index contributed by atoms with van der Waals surface area (Å²) >= 11 is 0. The SMILES string of the molecule is O=C(O)c1ccc(NC2CCNCC2)cc1. The maximum atomic E-state index is 10.7. The monoisotopic (exact) mass is 220 g/mol. The fourth-order valence-electron chi connectivity index (χ4n) is 1.91. The highest BCUT2D eigenvalue weighted by molar-refractivity contribution is 5.87. The van der Waals surface area contributed by atoms with Crippen molar-refractivity contribution in [3.05, 3.63) is 29.8 Å². The first-order valence-corrected chi connectivity index (χ1v) is 5.56. The van der Waals surface area contributed by atoms with Crippen molar-refractivity contribution < 1.29 is 9.90 Å². The van der Waals surface area contributed by atoms with Gasteiger partial charge in [0.25, 0.3) is 0 Å². The molecule has 0 bridgehead atoms. The third-order valence-corrected chi connectivity index (χ3v) is 2.84. The van der Waals surface area contributed by atoms with Crippen LogP contribution < -0.4 is 10.6 Å². The molecule has 1 heterocycles. The van der Waals surface area contributed by atoms with Crippen molar-refractivity contribution in [3.63, 3.8) is 0 Å². The van der Waals surface area contributed by atoms with Crippen molar-refractivity contribution in [1.82, 2.24) is 5.32 Å². The zero-order valence-corrected chi connectivity index (χ0v) is 9.07. The molecule has 0 radical (unpaired) electrons. The maximum Gasteiger partial charge on any atom is 0.335 e. The number of hydrogen-bond donors (Lipinski definition) is 3. The summed E-state index contributed by atoms with van der Waals surface area (Å²) in [4.78, 5) is 10.7. The molecule has 0 aliphatic carbocycles. The van der Waals surface area contributed by atoms with Crippen LogP contribution in [0.2, 0.25) is 0 Å². The number of rotatable bonds is 3. The van der Waals surface area contributed by atoms with Gasteiger partial charge in [-0.15, -0.1) is 0 Å². The van der Waals surface area contributed by atoms with Gasteiger partial charge in [-0.25, -0.2) is 4.79 Å². The lowest BCUT2D eigenvalue weighted by molar-refractivity contribution is 0.0697. The van der Waals surface area contributed by atoms with Crippen LogP contribution in [0.4, 0.5) is 5.69 Å². The number of benzene rings is 1. The Morgan fingerprint density at radius 3 is 2.44 bits per heavy atom. The molecule has 86 valence electrons. The van der Waals surface area contributed by atoms with Crippen LogP contribution in [0.1, 0.15) is 23.2 Å². The number of nitrogens with one attached hydrogen (secondary N) is 2. The van der Waals surface area contributed by atoms with E-state index < -0.39 is 5.97 Å². The lowest BCUT2D eigenvalue weighted by Crippen LogP contribution is -2.35. The van der Waals surface area contributed by atoms with Gasteiger partial charge in [0, 0.05) is 11.7 Å². The highest BCUT2D eigenvalue weighted by Gasteiger charge is 2.12. The Morgan fingerprint density at radius 2 is 1.88 bits per heavy atom. The minimum absolute atomic E-state index is 0.330. The Labute approximate surface area is 94.7 Å². The van der Waals surface area contributed by atoms with Gasteiger partial charge in [0.05, 0.1) is 5.56 Å². The number of carboxylic acid groups (broad SMARTS) is 1. The summed E-state index contributed by atoms with van der Waals surface area (Å²) in [6, 6.07) is 7.41. The van der Waals surface area contributed by atoms with Gasteiger partial charge in [0.2, 0.25) is 0 Å². The van der Waals surface area contributed by atoms with Crippen LogP contribution in [0.25, 0.3) is 0 Å². The van der Waals surface area contributed by atoms with E-state index in [4.69, 9.17) is 5.11 Å². The number of hydrogen-bond acceptors (Lipinski definition) is 3. The molecule has 3 N–H and O–H groups in total. The molecule has 1 saturated heterocycles. The minimum atomic E-state index is -0.881. The van der Waals surface area contributed by atoms with Crippen molar-refractivity contribution in [3.8, 4) is 0 Å². The lowest BCUT2D eigenvalue weighted by atomic mass is 10.1. The quantitative estimate of drug-likeness (QED) is 0.723. The largest absolute Gasteiger partial charge is 0.478 e. The second-order valence-electron chi connectivity index (χ2n) is 4.05. The number of aromatic carboxylic acids is 1. The molecule has 1 aromatic carbocycles. The molecule has 1 fully saturated rings. The lowest BCUT2D eigenvalue weighted by Gasteiger charge is -2.24. The highest BCUT2D eigenvalue weighted by atomic mass is 16.4. The molecule has 4 heteroatoms. The first-order chi connectivity index (χ1) is 7.75. The predicted octanol–water partition coefficient (Wildman–Crippen LogP) is 1.55. The summed E-state index contributed by atoms with van der Waals surface area (Å²) in [6.07, 6.45) is 2.22. The minimum Gasteiger partial charge on any atom is -0.478 e. The van der Waals surface area contributed by atoms with Crippen LogP contribution in [0, 0.1) is 0 Å². The second-order valence-corrected chi connectivity index (χ2v) is 4.05. The van der Waals surface area contributed by atoms with Crippen molar-refractivity contribution in [2.75, 3.05) is 18.4 Å². The third kappa shape index (κ3) is 2.73. The number of carbonyl (C=O) groups is 1. The first kappa shape index (κ1) is 11.0. The second kappa shape index (κ2) is 4.99. The topological polar surface area (TPSA) is 61.4 Å². The molecule has 0 amide bonds. The van der Waals surface area contributed by atoms with Crippen molar-refractivity contribution >= 4 is 11.7 Å². The Morgan fingerprint density at radius 1 is 1.25 bits per heavy atom. The summed E-state index contributed by atoms with van der Waals surface area (Å²) in [5.74, 6) is -0.881. The van der Waals surface area contributed by atoms with E-state index in [0.29, 0.717) is 11.6 Å². The molecular formula is C12H16N2O2. The standard InChI is InChI=1S/C12H16N2O2/c15-12(16)9-1-3-10(4-2-9)14-11-5-7-13-8-6-11/h1-4,11,13-14H,5-8H2,(H,15,16). The van der Waals surface area contributed by atoms with Crippen LogP contribution in [0.3, 0.4) is 0 Å². The Kier molecular flexibility index (Phi) is 3.41.